The molecule has 25 unspecified atom stereocenters. The van der Waals surface area contributed by atoms with Gasteiger partial charge in [0.05, 0.1) is 51.6 Å². The summed E-state index contributed by atoms with van der Waals surface area (Å²) in [6.07, 6.45) is -43.5. The van der Waals surface area contributed by atoms with Crippen LogP contribution in [0.25, 0.3) is 0 Å². The van der Waals surface area contributed by atoms with E-state index in [2.05, 4.69) is 10.6 Å². The first-order chi connectivity index (χ1) is 33.1. The van der Waals surface area contributed by atoms with Gasteiger partial charge in [-0.05, 0) is 0 Å². The topological polar surface area (TPSA) is 469 Å². The Labute approximate surface area is 398 Å². The number of ether oxygens (including phenoxy) is 12. The van der Waals surface area contributed by atoms with E-state index in [0.29, 0.717) is 0 Å². The normalized spacial score (nSPS) is 45.5. The molecule has 5 aliphatic rings. The van der Waals surface area contributed by atoms with Crippen LogP contribution in [0, 0.1) is 0 Å². The van der Waals surface area contributed by atoms with Gasteiger partial charge in [0.25, 0.3) is 6.47 Å². The van der Waals surface area contributed by atoms with Crippen molar-refractivity contribution < 1.29 is 143 Å². The Kier molecular flexibility index (Phi) is 21.3. The number of aliphatic hydroxyl groups excluding tert-OH is 14. The molecule has 0 saturated carbocycles. The predicted molar refractivity (Wildman–Crippen MR) is 216 cm³/mol. The van der Waals surface area contributed by atoms with Gasteiger partial charge in [0, 0.05) is 28.1 Å². The van der Waals surface area contributed by atoms with Crippen LogP contribution in [-0.2, 0) is 71.2 Å². The fraction of sp³-hybridized carbons (Fsp3) is 0.923. The van der Waals surface area contributed by atoms with Crippen LogP contribution < -0.4 is 10.6 Å². The molecule has 2 amide bonds. The molecule has 26 atom stereocenters. The van der Waals surface area contributed by atoms with E-state index in [1.54, 1.807) is 0 Å². The number of rotatable bonds is 21. The van der Waals surface area contributed by atoms with Crippen LogP contribution in [0.2, 0.25) is 0 Å². The van der Waals surface area contributed by atoms with Gasteiger partial charge < -0.3 is 139 Å². The summed E-state index contributed by atoms with van der Waals surface area (Å²) >= 11 is 0. The number of carbonyl (C=O) groups excluding carboxylic acids is 3. The lowest BCUT2D eigenvalue weighted by Crippen LogP contribution is -2.71. The van der Waals surface area contributed by atoms with Crippen molar-refractivity contribution >= 4 is 18.3 Å². The SMILES string of the molecule is COC1OC(CO)C(O)C(OC2OC(COC3OC(CO)C(OC)C(O)C3O)C(OC3OC(CO)C(O)C(OC4(OC=O)CC(O)C(NC(C)=O)C(C(O)[C@@H](O)CO)O4)C3O)C(O)C2NC(C)=O)C1O. The zero-order valence-corrected chi connectivity index (χ0v) is 38.1. The first-order valence-corrected chi connectivity index (χ1v) is 22.0. The molecule has 0 aromatic heterocycles. The smallest absolute Gasteiger partial charge is 0.332 e. The van der Waals surface area contributed by atoms with E-state index >= 15 is 0 Å². The Bertz CT molecular complexity index is 1640. The highest BCUT2D eigenvalue weighted by Gasteiger charge is 2.59. The molecule has 0 spiro atoms. The fourth-order valence-corrected chi connectivity index (χ4v) is 8.83. The number of amides is 2. The summed E-state index contributed by atoms with van der Waals surface area (Å²) < 4.78 is 67.8. The number of hydrogen-bond donors (Lipinski definition) is 16. The number of hydrogen-bond acceptors (Lipinski definition) is 29. The van der Waals surface area contributed by atoms with Crippen LogP contribution >= 0.6 is 0 Å². The summed E-state index contributed by atoms with van der Waals surface area (Å²) in [7, 11) is 2.31. The quantitative estimate of drug-likeness (QED) is 0.0375. The highest BCUT2D eigenvalue weighted by Crippen LogP contribution is 2.39. The third-order valence-electron chi connectivity index (χ3n) is 12.4. The van der Waals surface area contributed by atoms with Gasteiger partial charge in [-0.2, -0.15) is 0 Å². The third kappa shape index (κ3) is 12.8. The second-order valence-corrected chi connectivity index (χ2v) is 17.2. The highest BCUT2D eigenvalue weighted by molar-refractivity contribution is 5.73. The zero-order chi connectivity index (χ0) is 51.9. The van der Waals surface area contributed by atoms with Gasteiger partial charge in [-0.3, -0.25) is 14.4 Å². The Hall–Kier alpha value is -2.59. The maximum atomic E-state index is 12.7. The molecular weight excluding hydrogens is 960 g/mol. The summed E-state index contributed by atoms with van der Waals surface area (Å²) in [5.74, 6) is -4.53. The Morgan fingerprint density at radius 2 is 1.17 bits per heavy atom. The molecule has 16 N–H and O–H groups in total. The molecule has 31 heteroatoms. The minimum atomic E-state index is -2.92. The van der Waals surface area contributed by atoms with E-state index in [1.165, 1.54) is 7.11 Å². The van der Waals surface area contributed by atoms with Crippen molar-refractivity contribution in [2.45, 2.75) is 179 Å². The molecule has 5 fully saturated rings. The van der Waals surface area contributed by atoms with E-state index in [1.807, 2.05) is 0 Å². The number of nitrogens with one attached hydrogen (secondary N) is 2. The number of carbonyl (C=O) groups is 3. The first kappa shape index (κ1) is 58.3. The van der Waals surface area contributed by atoms with Gasteiger partial charge in [-0.1, -0.05) is 0 Å². The van der Waals surface area contributed by atoms with E-state index in [-0.39, 0.29) is 6.47 Å². The second-order valence-electron chi connectivity index (χ2n) is 17.2. The molecule has 0 aromatic carbocycles. The minimum absolute atomic E-state index is 0.254. The standard InChI is InChI=1S/C39H66N2O29/c1-12(47)40-20-14(49)5-39(62-11-46,69-32(20)22(51)15(50)6-42)70-34-24(53)17(8-44)64-38(29(34)58)67-31-19(10-61-37-27(56)26(55)30(59-3)18(9-45)65-37)66-35(21(25(31)54)41-13(2)48)68-33-23(52)16(7-43)63-36(60-4)28(33)57/h11,14-38,42-45,49-58H,5-10H2,1-4H3,(H,40,47)(H,41,48)/t14?,15-,16?,17?,18?,19?,20?,21?,22?,23?,24?,25?,26?,27?,28?,29?,30?,31?,32?,33?,34?,35?,36?,37?,38?,39?/m0/s1. The molecule has 5 aliphatic heterocycles. The van der Waals surface area contributed by atoms with Crippen LogP contribution in [0.15, 0.2) is 0 Å². The average Bonchev–Trinajstić information content (AvgIpc) is 3.32. The lowest BCUT2D eigenvalue weighted by Gasteiger charge is -2.51. The molecular formula is C39H66N2O29. The van der Waals surface area contributed by atoms with Crippen LogP contribution in [0.3, 0.4) is 0 Å². The largest absolute Gasteiger partial charge is 0.410 e. The highest BCUT2D eigenvalue weighted by atomic mass is 16.9. The lowest BCUT2D eigenvalue weighted by atomic mass is 9.91. The van der Waals surface area contributed by atoms with Crippen molar-refractivity contribution in [2.75, 3.05) is 47.3 Å². The lowest BCUT2D eigenvalue weighted by molar-refractivity contribution is -0.445. The summed E-state index contributed by atoms with van der Waals surface area (Å²) in [5, 5.41) is 156. The van der Waals surface area contributed by atoms with Crippen molar-refractivity contribution in [1.29, 1.82) is 0 Å². The summed E-state index contributed by atoms with van der Waals surface area (Å²) in [6.45, 7) is -2.77. The summed E-state index contributed by atoms with van der Waals surface area (Å²) in [5.41, 5.74) is 0. The monoisotopic (exact) mass is 1030 g/mol. The average molecular weight is 1030 g/mol. The maximum Gasteiger partial charge on any atom is 0.332 e. The van der Waals surface area contributed by atoms with Gasteiger partial charge in [0.15, 0.2) is 25.2 Å². The van der Waals surface area contributed by atoms with Crippen molar-refractivity contribution in [3.63, 3.8) is 0 Å². The first-order valence-electron chi connectivity index (χ1n) is 22.0. The van der Waals surface area contributed by atoms with Crippen molar-refractivity contribution in [2.24, 2.45) is 0 Å². The van der Waals surface area contributed by atoms with Crippen molar-refractivity contribution in [3.05, 3.63) is 0 Å². The molecule has 0 aromatic rings. The van der Waals surface area contributed by atoms with E-state index in [4.69, 9.17) is 56.8 Å². The van der Waals surface area contributed by atoms with Gasteiger partial charge in [0.2, 0.25) is 11.8 Å². The van der Waals surface area contributed by atoms with E-state index in [0.717, 1.165) is 21.0 Å². The van der Waals surface area contributed by atoms with Crippen LogP contribution in [0.4, 0.5) is 0 Å². The third-order valence-corrected chi connectivity index (χ3v) is 12.4. The molecule has 31 nitrogen and oxygen atoms in total. The summed E-state index contributed by atoms with van der Waals surface area (Å²) in [6, 6.07) is -3.34. The molecule has 406 valence electrons. The van der Waals surface area contributed by atoms with Gasteiger partial charge >= 0.3 is 5.97 Å². The van der Waals surface area contributed by atoms with Crippen molar-refractivity contribution in [3.8, 4) is 0 Å². The van der Waals surface area contributed by atoms with Gasteiger partial charge in [0.1, 0.15) is 116 Å². The summed E-state index contributed by atoms with van der Waals surface area (Å²) in [4.78, 5) is 36.7. The van der Waals surface area contributed by atoms with Gasteiger partial charge in [-0.25, -0.2) is 0 Å². The molecule has 0 radical (unpaired) electrons. The fourth-order valence-electron chi connectivity index (χ4n) is 8.83. The van der Waals surface area contributed by atoms with Crippen LogP contribution in [0.5, 0.6) is 0 Å². The van der Waals surface area contributed by atoms with E-state index in [9.17, 15) is 85.9 Å². The molecule has 5 heterocycles. The van der Waals surface area contributed by atoms with Gasteiger partial charge in [-0.15, -0.1) is 0 Å². The van der Waals surface area contributed by atoms with E-state index < -0.39 is 210 Å². The second kappa shape index (κ2) is 25.6. The van der Waals surface area contributed by atoms with Crippen LogP contribution in [-0.4, -0.2) is 296 Å². The minimum Gasteiger partial charge on any atom is -0.410 e. The van der Waals surface area contributed by atoms with Crippen LogP contribution in [0.1, 0.15) is 20.3 Å². The number of aliphatic hydroxyl groups is 14. The molecule has 5 saturated heterocycles. The van der Waals surface area contributed by atoms with Crippen molar-refractivity contribution in [1.82, 2.24) is 10.6 Å². The Balaban J connectivity index is 1.51. The molecule has 70 heavy (non-hydrogen) atoms. The maximum absolute atomic E-state index is 12.7. The molecule has 0 bridgehead atoms. The Morgan fingerprint density at radius 1 is 0.629 bits per heavy atom. The predicted octanol–water partition coefficient (Wildman–Crippen LogP) is -11.1. The molecule has 5 rings (SSSR count). The zero-order valence-electron chi connectivity index (χ0n) is 38.1. The number of methoxy groups -OCH3 is 2. The molecule has 0 aliphatic carbocycles. The Morgan fingerprint density at radius 3 is 1.73 bits per heavy atom.